The summed E-state index contributed by atoms with van der Waals surface area (Å²) in [7, 11) is 0. The Morgan fingerprint density at radius 2 is 2.04 bits per heavy atom. The molecule has 1 atom stereocenters. The Hall–Kier alpha value is -2.63. The van der Waals surface area contributed by atoms with Crippen LogP contribution >= 0.6 is 0 Å². The monoisotopic (exact) mass is 326 g/mol. The molecule has 0 spiro atoms. The third-order valence-electron chi connectivity index (χ3n) is 4.18. The Labute approximate surface area is 141 Å². The average molecular weight is 326 g/mol. The van der Waals surface area contributed by atoms with Gasteiger partial charge in [0.05, 0.1) is 12.4 Å². The minimum absolute atomic E-state index is 0.0182. The summed E-state index contributed by atoms with van der Waals surface area (Å²) in [4.78, 5) is 31.6. The first-order chi connectivity index (χ1) is 11.6. The molecular formula is C18H22N4O2. The number of carbonyl (C=O) groups is 2. The van der Waals surface area contributed by atoms with E-state index in [2.05, 4.69) is 32.7 Å². The van der Waals surface area contributed by atoms with Crippen LogP contribution in [0.2, 0.25) is 0 Å². The number of aromatic nitrogens is 2. The standard InChI is InChI=1S/C18H22N4O2/c1-11(2)21-17(23)15-16(20-10-19-15)18(24)22-14-9-5-7-12-6-3-4-8-13(12)14/h3-4,6,8,10-11,14H,5,7,9H2,1-2H3,(H,19,20)(H,21,23)(H,22,24)/t14-/m1/s1. The molecule has 0 fully saturated rings. The summed E-state index contributed by atoms with van der Waals surface area (Å²) >= 11 is 0. The van der Waals surface area contributed by atoms with Gasteiger partial charge in [-0.15, -0.1) is 0 Å². The molecule has 3 N–H and O–H groups in total. The molecule has 1 heterocycles. The maximum Gasteiger partial charge on any atom is 0.272 e. The number of H-pyrrole nitrogens is 1. The molecular weight excluding hydrogens is 304 g/mol. The summed E-state index contributed by atoms with van der Waals surface area (Å²) in [6, 6.07) is 8.11. The lowest BCUT2D eigenvalue weighted by Crippen LogP contribution is -2.35. The number of fused-ring (bicyclic) bond motifs is 1. The van der Waals surface area contributed by atoms with Crippen LogP contribution in [0.4, 0.5) is 0 Å². The second kappa shape index (κ2) is 6.86. The minimum atomic E-state index is -0.347. The fraction of sp³-hybridized carbons (Fsp3) is 0.389. The molecule has 1 aromatic heterocycles. The van der Waals surface area contributed by atoms with Crippen molar-refractivity contribution in [3.63, 3.8) is 0 Å². The van der Waals surface area contributed by atoms with E-state index in [0.717, 1.165) is 24.8 Å². The van der Waals surface area contributed by atoms with E-state index >= 15 is 0 Å². The normalized spacial score (nSPS) is 16.5. The summed E-state index contributed by atoms with van der Waals surface area (Å²) in [5, 5.41) is 5.79. The van der Waals surface area contributed by atoms with E-state index in [1.54, 1.807) is 0 Å². The van der Waals surface area contributed by atoms with Crippen molar-refractivity contribution in [2.45, 2.75) is 45.2 Å². The number of hydrogen-bond acceptors (Lipinski definition) is 3. The number of aryl methyl sites for hydroxylation is 1. The average Bonchev–Trinajstić information content (AvgIpc) is 3.04. The number of nitrogens with zero attached hydrogens (tertiary/aromatic N) is 1. The fourth-order valence-electron chi connectivity index (χ4n) is 3.10. The Morgan fingerprint density at radius 1 is 1.25 bits per heavy atom. The predicted molar refractivity (Wildman–Crippen MR) is 90.8 cm³/mol. The van der Waals surface area contributed by atoms with Gasteiger partial charge in [-0.25, -0.2) is 4.98 Å². The first-order valence-corrected chi connectivity index (χ1v) is 8.29. The molecule has 0 aliphatic heterocycles. The van der Waals surface area contributed by atoms with Crippen LogP contribution < -0.4 is 10.6 Å². The number of carbonyl (C=O) groups excluding carboxylic acids is 2. The van der Waals surface area contributed by atoms with Crippen LogP contribution in [-0.4, -0.2) is 27.8 Å². The quantitative estimate of drug-likeness (QED) is 0.806. The molecule has 0 radical (unpaired) electrons. The van der Waals surface area contributed by atoms with Gasteiger partial charge in [0.1, 0.15) is 5.69 Å². The third kappa shape index (κ3) is 3.32. The summed E-state index contributed by atoms with van der Waals surface area (Å²) in [5.41, 5.74) is 2.77. The lowest BCUT2D eigenvalue weighted by Gasteiger charge is -2.26. The summed E-state index contributed by atoms with van der Waals surface area (Å²) < 4.78 is 0. The summed E-state index contributed by atoms with van der Waals surface area (Å²) in [5.74, 6) is -0.649. The largest absolute Gasteiger partial charge is 0.348 e. The van der Waals surface area contributed by atoms with Crippen LogP contribution in [0.15, 0.2) is 30.6 Å². The van der Waals surface area contributed by atoms with Crippen molar-refractivity contribution < 1.29 is 9.59 Å². The Morgan fingerprint density at radius 3 is 2.83 bits per heavy atom. The van der Waals surface area contributed by atoms with Crippen molar-refractivity contribution in [2.24, 2.45) is 0 Å². The molecule has 2 amide bonds. The molecule has 3 rings (SSSR count). The number of hydrogen-bond donors (Lipinski definition) is 3. The lowest BCUT2D eigenvalue weighted by molar-refractivity contribution is 0.0897. The molecule has 126 valence electrons. The topological polar surface area (TPSA) is 86.9 Å². The number of rotatable bonds is 4. The molecule has 0 bridgehead atoms. The van der Waals surface area contributed by atoms with E-state index in [0.29, 0.717) is 0 Å². The van der Waals surface area contributed by atoms with Crippen LogP contribution in [0.1, 0.15) is 64.8 Å². The highest BCUT2D eigenvalue weighted by atomic mass is 16.2. The van der Waals surface area contributed by atoms with Crippen LogP contribution in [0.3, 0.4) is 0 Å². The molecule has 0 unspecified atom stereocenters. The van der Waals surface area contributed by atoms with Gasteiger partial charge in [0, 0.05) is 6.04 Å². The lowest BCUT2D eigenvalue weighted by atomic mass is 9.87. The zero-order valence-corrected chi connectivity index (χ0v) is 13.9. The zero-order chi connectivity index (χ0) is 17.1. The van der Waals surface area contributed by atoms with Crippen molar-refractivity contribution >= 4 is 11.8 Å². The van der Waals surface area contributed by atoms with Gasteiger partial charge in [0.15, 0.2) is 5.69 Å². The fourth-order valence-corrected chi connectivity index (χ4v) is 3.10. The van der Waals surface area contributed by atoms with E-state index in [-0.39, 0.29) is 35.3 Å². The van der Waals surface area contributed by atoms with Gasteiger partial charge in [-0.3, -0.25) is 9.59 Å². The molecule has 6 heteroatoms. The van der Waals surface area contributed by atoms with E-state index < -0.39 is 0 Å². The molecule has 1 aromatic carbocycles. The van der Waals surface area contributed by atoms with Crippen molar-refractivity contribution in [1.82, 2.24) is 20.6 Å². The van der Waals surface area contributed by atoms with Gasteiger partial charge in [-0.1, -0.05) is 24.3 Å². The van der Waals surface area contributed by atoms with Gasteiger partial charge in [-0.05, 0) is 44.2 Å². The second-order valence-corrected chi connectivity index (χ2v) is 6.37. The van der Waals surface area contributed by atoms with Gasteiger partial charge in [-0.2, -0.15) is 0 Å². The van der Waals surface area contributed by atoms with Gasteiger partial charge in [0.2, 0.25) is 0 Å². The van der Waals surface area contributed by atoms with E-state index in [1.807, 2.05) is 26.0 Å². The molecule has 0 saturated carbocycles. The Balaban J connectivity index is 1.78. The Kier molecular flexibility index (Phi) is 4.64. The second-order valence-electron chi connectivity index (χ2n) is 6.37. The molecule has 24 heavy (non-hydrogen) atoms. The number of amides is 2. The van der Waals surface area contributed by atoms with Crippen LogP contribution in [0.5, 0.6) is 0 Å². The van der Waals surface area contributed by atoms with E-state index in [4.69, 9.17) is 0 Å². The maximum absolute atomic E-state index is 12.6. The van der Waals surface area contributed by atoms with Crippen LogP contribution in [-0.2, 0) is 6.42 Å². The van der Waals surface area contributed by atoms with Gasteiger partial charge < -0.3 is 15.6 Å². The highest BCUT2D eigenvalue weighted by Gasteiger charge is 2.25. The van der Waals surface area contributed by atoms with E-state index in [1.165, 1.54) is 11.9 Å². The molecule has 1 aliphatic carbocycles. The SMILES string of the molecule is CC(C)NC(=O)c1nc[nH]c1C(=O)N[C@@H]1CCCc2ccccc21. The number of aromatic amines is 1. The molecule has 6 nitrogen and oxygen atoms in total. The maximum atomic E-state index is 12.6. The van der Waals surface area contributed by atoms with Crippen molar-refractivity contribution in [3.8, 4) is 0 Å². The zero-order valence-electron chi connectivity index (χ0n) is 13.9. The highest BCUT2D eigenvalue weighted by molar-refractivity contribution is 6.04. The first-order valence-electron chi connectivity index (χ1n) is 8.29. The van der Waals surface area contributed by atoms with Crippen LogP contribution in [0.25, 0.3) is 0 Å². The number of nitrogens with one attached hydrogen (secondary N) is 3. The number of benzene rings is 1. The minimum Gasteiger partial charge on any atom is -0.348 e. The molecule has 2 aromatic rings. The molecule has 1 aliphatic rings. The molecule has 0 saturated heterocycles. The predicted octanol–water partition coefficient (Wildman–Crippen LogP) is 2.36. The van der Waals surface area contributed by atoms with Crippen LogP contribution in [0, 0.1) is 0 Å². The summed E-state index contributed by atoms with van der Waals surface area (Å²) in [6.45, 7) is 3.73. The van der Waals surface area contributed by atoms with Gasteiger partial charge >= 0.3 is 0 Å². The van der Waals surface area contributed by atoms with Crippen molar-refractivity contribution in [3.05, 3.63) is 53.1 Å². The smallest absolute Gasteiger partial charge is 0.272 e. The number of imidazole rings is 1. The Bertz CT molecular complexity index is 751. The van der Waals surface area contributed by atoms with Crippen molar-refractivity contribution in [2.75, 3.05) is 0 Å². The van der Waals surface area contributed by atoms with Gasteiger partial charge in [0.25, 0.3) is 11.8 Å². The highest BCUT2D eigenvalue weighted by Crippen LogP contribution is 2.29. The van der Waals surface area contributed by atoms with Crippen molar-refractivity contribution in [1.29, 1.82) is 0 Å². The first kappa shape index (κ1) is 16.2. The summed E-state index contributed by atoms with van der Waals surface area (Å²) in [6.07, 6.45) is 4.34. The third-order valence-corrected chi connectivity index (χ3v) is 4.18. The van der Waals surface area contributed by atoms with E-state index in [9.17, 15) is 9.59 Å².